The molecule has 0 saturated heterocycles. The maximum Gasteiger partial charge on any atom is 0.335 e. The number of benzene rings is 3. The Morgan fingerprint density at radius 1 is 0.577 bits per heavy atom. The van der Waals surface area contributed by atoms with Crippen LogP contribution in [-0.4, -0.2) is 135 Å². The first-order valence-electron chi connectivity index (χ1n) is 22.4. The molecular weight excluding hydrogens is 909 g/mol. The number of nitrogens with two attached hydrogens (primary N) is 1. The lowest BCUT2D eigenvalue weighted by Crippen LogP contribution is -2.39. The average Bonchev–Trinajstić information content (AvgIpc) is 4.02. The Kier molecular flexibility index (Phi) is 18.1. The minimum atomic E-state index is -2.27. The van der Waals surface area contributed by atoms with Crippen molar-refractivity contribution in [3.63, 3.8) is 0 Å². The molecule has 18 heteroatoms. The number of aliphatic hydroxyl groups excluding tert-OH is 2. The number of imidazole rings is 2. The molecule has 0 aliphatic heterocycles. The van der Waals surface area contributed by atoms with Crippen molar-refractivity contribution in [2.75, 3.05) is 28.2 Å². The average molecular weight is 969 g/mol. The van der Waals surface area contributed by atoms with E-state index in [-0.39, 0.29) is 11.8 Å². The first kappa shape index (κ1) is 53.8. The van der Waals surface area contributed by atoms with E-state index in [1.165, 1.54) is 11.1 Å². The number of aliphatic hydroxyl groups is 2. The third kappa shape index (κ3) is 14.0. The van der Waals surface area contributed by atoms with Gasteiger partial charge < -0.3 is 54.9 Å². The van der Waals surface area contributed by atoms with Gasteiger partial charge in [0.2, 0.25) is 11.8 Å². The Bertz CT molecular complexity index is 2990. The standard InChI is InChI=1S/2C19H21N3O.C11H12N2O2.C4H6O6/c2*1-13-5-8-15(9-6-13)19-16(11-18(23)21(3)4)22-12-14(2)7-10-17(22)20-19;12-9(11(14)15)5-7-6-13-10-4-2-1-3-8(7)10;5-1(3(7)8)2(6)4(9)10/h2*5-10,12H,11H2,1-4H3;1-4,6,9,13H,5,12H2,(H,14,15);1-2,5-6H,(H,7,8)(H,9,10)/t;;9-;/m..1./s1. The molecule has 5 heterocycles. The zero-order valence-electron chi connectivity index (χ0n) is 40.9. The van der Waals surface area contributed by atoms with Gasteiger partial charge in [-0.2, -0.15) is 0 Å². The summed E-state index contributed by atoms with van der Waals surface area (Å²) in [4.78, 5) is 70.5. The molecule has 0 radical (unpaired) electrons. The number of nitrogens with zero attached hydrogens (tertiary/aromatic N) is 6. The van der Waals surface area contributed by atoms with Gasteiger partial charge in [-0.05, 0) is 62.6 Å². The normalized spacial score (nSPS) is 12.0. The second kappa shape index (κ2) is 23.9. The predicted molar refractivity (Wildman–Crippen MR) is 270 cm³/mol. The molecular formula is C53H60N8O10. The third-order valence-corrected chi connectivity index (χ3v) is 11.3. The second-order valence-corrected chi connectivity index (χ2v) is 17.4. The summed E-state index contributed by atoms with van der Waals surface area (Å²) < 4.78 is 4.07. The van der Waals surface area contributed by atoms with E-state index in [2.05, 4.69) is 67.4 Å². The fraction of sp³-hybridized carbons (Fsp3) is 0.264. The number of amides is 2. The zero-order valence-corrected chi connectivity index (χ0v) is 40.9. The van der Waals surface area contributed by atoms with Crippen molar-refractivity contribution in [3.8, 4) is 22.5 Å². The van der Waals surface area contributed by atoms with Crippen molar-refractivity contribution in [1.29, 1.82) is 0 Å². The largest absolute Gasteiger partial charge is 0.480 e. The molecule has 2 amide bonds. The Balaban J connectivity index is 0.000000184. The Hall–Kier alpha value is -8.19. The highest BCUT2D eigenvalue weighted by Crippen LogP contribution is 2.28. The van der Waals surface area contributed by atoms with Crippen LogP contribution in [0.25, 0.3) is 44.7 Å². The molecule has 8 aromatic rings. The maximum atomic E-state index is 12.3. The quantitative estimate of drug-likeness (QED) is 0.0799. The number of nitrogens with one attached hydrogen (secondary N) is 1. The number of hydrogen-bond acceptors (Lipinski definition) is 10. The minimum Gasteiger partial charge on any atom is -0.480 e. The Labute approximate surface area is 410 Å². The SMILES string of the molecule is Cc1ccc(-c2nc3ccc(C)cn3c2CC(=O)N(C)C)cc1.Cc1ccc(-c2nc3ccc(C)cn3c2CC(=O)N(C)C)cc1.N[C@H](Cc1c[nH]c2ccccc12)C(=O)O.O=C(O)C(O)C(O)C(=O)O. The van der Waals surface area contributed by atoms with Gasteiger partial charge in [-0.1, -0.05) is 90.0 Å². The van der Waals surface area contributed by atoms with Gasteiger partial charge in [0, 0.05) is 75.2 Å². The number of aromatic nitrogens is 5. The molecule has 0 saturated carbocycles. The van der Waals surface area contributed by atoms with E-state index in [1.54, 1.807) is 38.0 Å². The van der Waals surface area contributed by atoms with E-state index in [4.69, 9.17) is 41.2 Å². The number of hydrogen-bond donors (Lipinski definition) is 7. The number of para-hydroxylation sites is 1. The van der Waals surface area contributed by atoms with Gasteiger partial charge in [-0.3, -0.25) is 14.4 Å². The molecule has 8 N–H and O–H groups in total. The van der Waals surface area contributed by atoms with Crippen molar-refractivity contribution in [2.45, 2.75) is 65.2 Å². The number of carbonyl (C=O) groups is 5. The summed E-state index contributed by atoms with van der Waals surface area (Å²) in [6.45, 7) is 8.21. The maximum absolute atomic E-state index is 12.3. The summed E-state index contributed by atoms with van der Waals surface area (Å²) in [6.07, 6.45) is 2.38. The van der Waals surface area contributed by atoms with Crippen LogP contribution in [0.4, 0.5) is 0 Å². The van der Waals surface area contributed by atoms with Crippen molar-refractivity contribution in [1.82, 2.24) is 33.6 Å². The molecule has 372 valence electrons. The molecule has 2 unspecified atom stereocenters. The van der Waals surface area contributed by atoms with Crippen molar-refractivity contribution in [3.05, 3.63) is 155 Å². The van der Waals surface area contributed by atoms with Gasteiger partial charge in [0.1, 0.15) is 17.3 Å². The van der Waals surface area contributed by atoms with Crippen LogP contribution in [0.15, 0.2) is 116 Å². The number of aliphatic carboxylic acids is 3. The minimum absolute atomic E-state index is 0.0710. The summed E-state index contributed by atoms with van der Waals surface area (Å²) in [7, 11) is 7.12. The number of aryl methyl sites for hydroxylation is 4. The molecule has 0 spiro atoms. The van der Waals surface area contributed by atoms with E-state index in [1.807, 2.05) is 89.8 Å². The van der Waals surface area contributed by atoms with Crippen LogP contribution in [0.2, 0.25) is 0 Å². The molecule has 0 fully saturated rings. The number of carbonyl (C=O) groups excluding carboxylic acids is 2. The summed E-state index contributed by atoms with van der Waals surface area (Å²) in [6, 6.07) is 31.5. The predicted octanol–water partition coefficient (Wildman–Crippen LogP) is 5.50. The summed E-state index contributed by atoms with van der Waals surface area (Å²) in [5.74, 6) is -4.37. The van der Waals surface area contributed by atoms with Crippen LogP contribution in [0.3, 0.4) is 0 Å². The molecule has 0 aliphatic carbocycles. The number of carboxylic acids is 3. The van der Waals surface area contributed by atoms with Gasteiger partial charge in [0.25, 0.3) is 0 Å². The van der Waals surface area contributed by atoms with Gasteiger partial charge in [-0.15, -0.1) is 0 Å². The highest BCUT2D eigenvalue weighted by Gasteiger charge is 2.29. The first-order chi connectivity index (χ1) is 33.6. The summed E-state index contributed by atoms with van der Waals surface area (Å²) in [5.41, 5.74) is 19.6. The Morgan fingerprint density at radius 2 is 0.972 bits per heavy atom. The number of H-pyrrole nitrogens is 1. The molecule has 18 nitrogen and oxygen atoms in total. The van der Waals surface area contributed by atoms with Crippen molar-refractivity contribution >= 4 is 51.9 Å². The molecule has 3 aromatic carbocycles. The fourth-order valence-electron chi connectivity index (χ4n) is 7.12. The number of fused-ring (bicyclic) bond motifs is 3. The van der Waals surface area contributed by atoms with Gasteiger partial charge in [-0.25, -0.2) is 19.6 Å². The van der Waals surface area contributed by atoms with Gasteiger partial charge >= 0.3 is 17.9 Å². The summed E-state index contributed by atoms with van der Waals surface area (Å²) in [5, 5.41) is 42.3. The van der Waals surface area contributed by atoms with Crippen molar-refractivity contribution in [2.24, 2.45) is 5.73 Å². The van der Waals surface area contributed by atoms with Crippen LogP contribution in [0, 0.1) is 27.7 Å². The van der Waals surface area contributed by atoms with E-state index >= 15 is 0 Å². The number of pyridine rings is 2. The molecule has 8 rings (SSSR count). The lowest BCUT2D eigenvalue weighted by molar-refractivity contribution is -0.165. The van der Waals surface area contributed by atoms with Crippen LogP contribution in [-0.2, 0) is 43.2 Å². The van der Waals surface area contributed by atoms with E-state index < -0.39 is 36.2 Å². The lowest BCUT2D eigenvalue weighted by atomic mass is 10.1. The smallest absolute Gasteiger partial charge is 0.335 e. The van der Waals surface area contributed by atoms with Crippen LogP contribution >= 0.6 is 0 Å². The van der Waals surface area contributed by atoms with Crippen LogP contribution < -0.4 is 5.73 Å². The number of carboxylic acid groups (broad SMARTS) is 3. The highest BCUT2D eigenvalue weighted by molar-refractivity contribution is 5.85. The van der Waals surface area contributed by atoms with Crippen LogP contribution in [0.5, 0.6) is 0 Å². The lowest BCUT2D eigenvalue weighted by Gasteiger charge is -2.11. The number of rotatable bonds is 12. The molecule has 3 atom stereocenters. The molecule has 71 heavy (non-hydrogen) atoms. The zero-order chi connectivity index (χ0) is 52.3. The molecule has 5 aromatic heterocycles. The topological polar surface area (TPSA) is 269 Å². The van der Waals surface area contributed by atoms with Gasteiger partial charge in [0.05, 0.1) is 35.6 Å². The highest BCUT2D eigenvalue weighted by atomic mass is 16.4. The first-order valence-corrected chi connectivity index (χ1v) is 22.4. The number of likely N-dealkylation sites (N-methyl/N-ethyl adjacent to an activating group) is 2. The summed E-state index contributed by atoms with van der Waals surface area (Å²) >= 11 is 0. The van der Waals surface area contributed by atoms with E-state index in [0.29, 0.717) is 19.3 Å². The van der Waals surface area contributed by atoms with Gasteiger partial charge in [0.15, 0.2) is 12.2 Å². The van der Waals surface area contributed by atoms with Crippen molar-refractivity contribution < 1.29 is 49.5 Å². The molecule has 0 bridgehead atoms. The molecule has 0 aliphatic rings. The van der Waals surface area contributed by atoms with Crippen LogP contribution in [0.1, 0.15) is 39.2 Å². The number of aromatic amines is 1. The second-order valence-electron chi connectivity index (χ2n) is 17.4. The van der Waals surface area contributed by atoms with E-state index in [0.717, 1.165) is 72.8 Å². The Morgan fingerprint density at radius 3 is 1.35 bits per heavy atom. The fourth-order valence-corrected chi connectivity index (χ4v) is 7.12. The third-order valence-electron chi connectivity index (χ3n) is 11.3. The van der Waals surface area contributed by atoms with E-state index in [9.17, 15) is 24.0 Å². The monoisotopic (exact) mass is 968 g/mol.